The van der Waals surface area contributed by atoms with Gasteiger partial charge in [-0.25, -0.2) is 4.39 Å². The van der Waals surface area contributed by atoms with Gasteiger partial charge in [-0.2, -0.15) is 17.6 Å². The van der Waals surface area contributed by atoms with Crippen molar-refractivity contribution in [3.05, 3.63) is 41.2 Å². The Labute approximate surface area is 99.1 Å². The SMILES string of the molecule is C=C1CC2(N)c3c(ccc(F)c31)C(F)(F)C2(F)F. The van der Waals surface area contributed by atoms with Gasteiger partial charge in [0.1, 0.15) is 11.4 Å². The molecule has 2 aliphatic rings. The summed E-state index contributed by atoms with van der Waals surface area (Å²) in [5.41, 5.74) is 1.26. The van der Waals surface area contributed by atoms with Crippen LogP contribution in [0, 0.1) is 5.82 Å². The molecule has 0 heterocycles. The van der Waals surface area contributed by atoms with Crippen molar-refractivity contribution < 1.29 is 22.0 Å². The van der Waals surface area contributed by atoms with Crippen LogP contribution in [-0.4, -0.2) is 5.92 Å². The van der Waals surface area contributed by atoms with E-state index in [1.54, 1.807) is 0 Å². The number of rotatable bonds is 0. The molecule has 1 aromatic rings. The second-order valence-corrected chi connectivity index (χ2v) is 4.75. The Balaban J connectivity index is 2.48. The molecular formula is C12H8F5N. The lowest BCUT2D eigenvalue weighted by molar-refractivity contribution is -0.235. The van der Waals surface area contributed by atoms with Crippen molar-refractivity contribution >= 4 is 5.57 Å². The molecule has 0 bridgehead atoms. The van der Waals surface area contributed by atoms with E-state index in [4.69, 9.17) is 5.73 Å². The largest absolute Gasteiger partial charge is 0.337 e. The van der Waals surface area contributed by atoms with Gasteiger partial charge in [0.05, 0.1) is 0 Å². The molecule has 0 amide bonds. The molecule has 2 aliphatic carbocycles. The minimum atomic E-state index is -4.45. The zero-order valence-corrected chi connectivity index (χ0v) is 9.04. The second kappa shape index (κ2) is 2.77. The highest BCUT2D eigenvalue weighted by molar-refractivity contribution is 5.78. The molecule has 2 N–H and O–H groups in total. The molecule has 18 heavy (non-hydrogen) atoms. The van der Waals surface area contributed by atoms with Crippen LogP contribution in [0.3, 0.4) is 0 Å². The number of benzene rings is 1. The van der Waals surface area contributed by atoms with Gasteiger partial charge in [0.25, 0.3) is 0 Å². The monoisotopic (exact) mass is 261 g/mol. The molecule has 6 heteroatoms. The van der Waals surface area contributed by atoms with E-state index < -0.39 is 40.7 Å². The molecule has 1 unspecified atom stereocenters. The first-order valence-corrected chi connectivity index (χ1v) is 5.20. The Morgan fingerprint density at radius 1 is 1.17 bits per heavy atom. The average Bonchev–Trinajstić information content (AvgIpc) is 2.58. The molecule has 0 saturated heterocycles. The zero-order chi connectivity index (χ0) is 13.5. The van der Waals surface area contributed by atoms with Crippen LogP contribution < -0.4 is 5.73 Å². The smallest absolute Gasteiger partial charge is 0.316 e. The van der Waals surface area contributed by atoms with Gasteiger partial charge in [-0.15, -0.1) is 0 Å². The van der Waals surface area contributed by atoms with Crippen LogP contribution in [0.4, 0.5) is 22.0 Å². The summed E-state index contributed by atoms with van der Waals surface area (Å²) in [5, 5.41) is 0. The third kappa shape index (κ3) is 0.901. The highest BCUT2D eigenvalue weighted by Crippen LogP contribution is 2.65. The first-order chi connectivity index (χ1) is 8.14. The maximum Gasteiger partial charge on any atom is 0.337 e. The Morgan fingerprint density at radius 3 is 2.39 bits per heavy atom. The lowest BCUT2D eigenvalue weighted by Crippen LogP contribution is -2.53. The number of nitrogens with two attached hydrogens (primary N) is 1. The maximum absolute atomic E-state index is 13.9. The Hall–Kier alpha value is -1.43. The number of alkyl halides is 4. The van der Waals surface area contributed by atoms with Crippen LogP contribution in [0.15, 0.2) is 18.7 Å². The fourth-order valence-corrected chi connectivity index (χ4v) is 2.88. The first kappa shape index (κ1) is 11.6. The summed E-state index contributed by atoms with van der Waals surface area (Å²) in [6.07, 6.45) is -0.571. The molecule has 1 atom stereocenters. The average molecular weight is 261 g/mol. The first-order valence-electron chi connectivity index (χ1n) is 5.20. The number of hydrogen-bond donors (Lipinski definition) is 1. The predicted octanol–water partition coefficient (Wildman–Crippen LogP) is 3.14. The third-order valence-electron chi connectivity index (χ3n) is 3.74. The van der Waals surface area contributed by atoms with Crippen molar-refractivity contribution in [1.29, 1.82) is 0 Å². The summed E-state index contributed by atoms with van der Waals surface area (Å²) in [6.45, 7) is 3.44. The van der Waals surface area contributed by atoms with Gasteiger partial charge < -0.3 is 5.73 Å². The maximum atomic E-state index is 13.9. The van der Waals surface area contributed by atoms with Crippen molar-refractivity contribution in [2.75, 3.05) is 0 Å². The molecule has 96 valence electrons. The molecule has 0 saturated carbocycles. The van der Waals surface area contributed by atoms with Crippen molar-refractivity contribution in [2.24, 2.45) is 5.73 Å². The van der Waals surface area contributed by atoms with Crippen LogP contribution in [0.5, 0.6) is 0 Å². The van der Waals surface area contributed by atoms with Gasteiger partial charge in [-0.05, 0) is 23.3 Å². The van der Waals surface area contributed by atoms with Crippen molar-refractivity contribution in [3.63, 3.8) is 0 Å². The molecule has 0 radical (unpaired) electrons. The van der Waals surface area contributed by atoms with Gasteiger partial charge in [-0.3, -0.25) is 0 Å². The topological polar surface area (TPSA) is 26.0 Å². The van der Waals surface area contributed by atoms with Crippen molar-refractivity contribution in [2.45, 2.75) is 23.8 Å². The minimum Gasteiger partial charge on any atom is -0.316 e. The summed E-state index contributed by atoms with van der Waals surface area (Å²) in [4.78, 5) is 0. The number of halogens is 5. The summed E-state index contributed by atoms with van der Waals surface area (Å²) >= 11 is 0. The normalized spacial score (nSPS) is 30.7. The van der Waals surface area contributed by atoms with E-state index in [1.165, 1.54) is 0 Å². The van der Waals surface area contributed by atoms with Gasteiger partial charge in [0.15, 0.2) is 0 Å². The van der Waals surface area contributed by atoms with Gasteiger partial charge >= 0.3 is 11.8 Å². The quantitative estimate of drug-likeness (QED) is 0.713. The lowest BCUT2D eigenvalue weighted by Gasteiger charge is -2.31. The third-order valence-corrected chi connectivity index (χ3v) is 3.74. The summed E-state index contributed by atoms with van der Waals surface area (Å²) in [5.74, 6) is -9.69. The highest BCUT2D eigenvalue weighted by Gasteiger charge is 2.77. The van der Waals surface area contributed by atoms with Crippen LogP contribution in [-0.2, 0) is 11.5 Å². The molecule has 0 fully saturated rings. The standard InChI is InChI=1S/C12H8F5N/c1-5-4-10(18)9-6(2-3-7(13)8(5)9)11(14,15)12(10,16)17/h2-3H,1,4,18H2. The Bertz CT molecular complexity index is 592. The summed E-state index contributed by atoms with van der Waals surface area (Å²) in [6, 6.07) is 1.43. The predicted molar refractivity (Wildman–Crippen MR) is 54.8 cm³/mol. The van der Waals surface area contributed by atoms with Crippen molar-refractivity contribution in [1.82, 2.24) is 0 Å². The summed E-state index contributed by atoms with van der Waals surface area (Å²) < 4.78 is 68.7. The highest BCUT2D eigenvalue weighted by atomic mass is 19.3. The fourth-order valence-electron chi connectivity index (χ4n) is 2.88. The van der Waals surface area contributed by atoms with E-state index in [1.807, 2.05) is 0 Å². The van der Waals surface area contributed by atoms with E-state index in [2.05, 4.69) is 6.58 Å². The van der Waals surface area contributed by atoms with Crippen molar-refractivity contribution in [3.8, 4) is 0 Å². The van der Waals surface area contributed by atoms with Gasteiger partial charge in [0.2, 0.25) is 0 Å². The second-order valence-electron chi connectivity index (χ2n) is 4.75. The molecule has 1 nitrogen and oxygen atoms in total. The van der Waals surface area contributed by atoms with Crippen LogP contribution >= 0.6 is 0 Å². The lowest BCUT2D eigenvalue weighted by atomic mass is 9.91. The number of hydrogen-bond acceptors (Lipinski definition) is 1. The van der Waals surface area contributed by atoms with Gasteiger partial charge in [0, 0.05) is 17.5 Å². The summed E-state index contributed by atoms with van der Waals surface area (Å²) in [7, 11) is 0. The zero-order valence-electron chi connectivity index (χ0n) is 9.04. The van der Waals surface area contributed by atoms with Crippen LogP contribution in [0.25, 0.3) is 5.57 Å². The Kier molecular flexibility index (Phi) is 1.79. The van der Waals surface area contributed by atoms with Crippen LogP contribution in [0.1, 0.15) is 23.1 Å². The molecule has 1 aromatic carbocycles. The Morgan fingerprint density at radius 2 is 1.78 bits per heavy atom. The van der Waals surface area contributed by atoms with Crippen LogP contribution in [0.2, 0.25) is 0 Å². The molecule has 3 rings (SSSR count). The van der Waals surface area contributed by atoms with E-state index in [9.17, 15) is 22.0 Å². The van der Waals surface area contributed by atoms with E-state index in [-0.39, 0.29) is 11.1 Å². The van der Waals surface area contributed by atoms with E-state index >= 15 is 0 Å². The molecular weight excluding hydrogens is 253 g/mol. The fraction of sp³-hybridized carbons (Fsp3) is 0.333. The molecule has 0 aromatic heterocycles. The van der Waals surface area contributed by atoms with E-state index in [0.717, 1.165) is 6.07 Å². The molecule has 0 spiro atoms. The van der Waals surface area contributed by atoms with E-state index in [0.29, 0.717) is 6.07 Å². The molecule has 0 aliphatic heterocycles. The van der Waals surface area contributed by atoms with Gasteiger partial charge in [-0.1, -0.05) is 6.58 Å². The minimum absolute atomic E-state index is 0.0297.